The van der Waals surface area contributed by atoms with Crippen molar-refractivity contribution in [2.45, 2.75) is 19.8 Å². The van der Waals surface area contributed by atoms with Crippen LogP contribution in [-0.2, 0) is 14.4 Å². The van der Waals surface area contributed by atoms with E-state index in [0.717, 1.165) is 10.0 Å². The van der Waals surface area contributed by atoms with E-state index in [0.29, 0.717) is 37.4 Å². The molecule has 2 aromatic rings. The summed E-state index contributed by atoms with van der Waals surface area (Å²) >= 11 is 3.32. The zero-order chi connectivity index (χ0) is 22.7. The number of rotatable bonds is 4. The van der Waals surface area contributed by atoms with Gasteiger partial charge in [0.2, 0.25) is 11.7 Å². The molecule has 0 spiro atoms. The van der Waals surface area contributed by atoms with E-state index in [1.165, 1.54) is 5.01 Å². The van der Waals surface area contributed by atoms with Gasteiger partial charge >= 0.3 is 0 Å². The molecule has 166 valence electrons. The SMILES string of the molecule is Cc1ccc(N2NC(C(=O)N3CCC(C(=O)Nc4ccc(Br)cn4)CC3)=NCC2=O)cc1. The number of amides is 3. The quantitative estimate of drug-likeness (QED) is 0.672. The molecule has 1 fully saturated rings. The summed E-state index contributed by atoms with van der Waals surface area (Å²) in [6.07, 6.45) is 2.71. The summed E-state index contributed by atoms with van der Waals surface area (Å²) in [6, 6.07) is 11.0. The molecule has 0 atom stereocenters. The van der Waals surface area contributed by atoms with Crippen molar-refractivity contribution in [3.63, 3.8) is 0 Å². The second kappa shape index (κ2) is 9.47. The third-order valence-corrected chi connectivity index (χ3v) is 5.93. The van der Waals surface area contributed by atoms with Crippen LogP contribution in [0.2, 0.25) is 0 Å². The van der Waals surface area contributed by atoms with Crippen molar-refractivity contribution in [1.82, 2.24) is 15.3 Å². The Bertz CT molecular complexity index is 1050. The summed E-state index contributed by atoms with van der Waals surface area (Å²) < 4.78 is 0.837. The van der Waals surface area contributed by atoms with Crippen LogP contribution in [0.1, 0.15) is 18.4 Å². The smallest absolute Gasteiger partial charge is 0.290 e. The molecule has 0 radical (unpaired) electrons. The number of nitrogens with one attached hydrogen (secondary N) is 2. The number of anilines is 2. The van der Waals surface area contributed by atoms with Crippen LogP contribution in [-0.4, -0.2) is 53.1 Å². The van der Waals surface area contributed by atoms with Crippen molar-refractivity contribution in [3.8, 4) is 0 Å². The van der Waals surface area contributed by atoms with Crippen LogP contribution in [0.5, 0.6) is 0 Å². The maximum atomic E-state index is 13.0. The van der Waals surface area contributed by atoms with Gasteiger partial charge in [0.05, 0.1) is 5.69 Å². The van der Waals surface area contributed by atoms with Gasteiger partial charge in [-0.1, -0.05) is 17.7 Å². The lowest BCUT2D eigenvalue weighted by molar-refractivity contribution is -0.129. The Morgan fingerprint density at radius 3 is 2.50 bits per heavy atom. The molecule has 3 heterocycles. The predicted octanol–water partition coefficient (Wildman–Crippen LogP) is 2.28. The van der Waals surface area contributed by atoms with Gasteiger partial charge in [-0.15, -0.1) is 0 Å². The number of likely N-dealkylation sites (tertiary alicyclic amines) is 1. The highest BCUT2D eigenvalue weighted by molar-refractivity contribution is 9.10. The minimum atomic E-state index is -0.275. The van der Waals surface area contributed by atoms with Gasteiger partial charge in [-0.3, -0.25) is 24.8 Å². The molecule has 3 amide bonds. The lowest BCUT2D eigenvalue weighted by Crippen LogP contribution is -2.57. The lowest BCUT2D eigenvalue weighted by Gasteiger charge is -2.34. The Balaban J connectivity index is 1.33. The van der Waals surface area contributed by atoms with E-state index in [1.54, 1.807) is 17.2 Å². The standard InChI is InChI=1S/C22H23BrN6O3/c1-14-2-5-17(6-3-14)29-19(30)13-25-20(27-29)22(32)28-10-8-15(9-11-28)21(31)26-18-7-4-16(23)12-24-18/h2-7,12,15H,8-11,13H2,1H3,(H,25,27)(H,24,26,31). The Kier molecular flexibility index (Phi) is 6.50. The van der Waals surface area contributed by atoms with E-state index in [1.807, 2.05) is 37.3 Å². The fraction of sp³-hybridized carbons (Fsp3) is 0.318. The van der Waals surface area contributed by atoms with Gasteiger partial charge in [0.25, 0.3) is 11.8 Å². The summed E-state index contributed by atoms with van der Waals surface area (Å²) in [5, 5.41) is 4.18. The largest absolute Gasteiger partial charge is 0.336 e. The van der Waals surface area contributed by atoms with Crippen LogP contribution in [0.25, 0.3) is 0 Å². The summed E-state index contributed by atoms with van der Waals surface area (Å²) in [4.78, 5) is 47.8. The van der Waals surface area contributed by atoms with E-state index >= 15 is 0 Å². The average Bonchev–Trinajstić information content (AvgIpc) is 2.81. The summed E-state index contributed by atoms with van der Waals surface area (Å²) in [7, 11) is 0. The second-order valence-electron chi connectivity index (χ2n) is 7.76. The number of aliphatic imine (C=N–C) groups is 1. The molecule has 0 saturated carbocycles. The topological polar surface area (TPSA) is 107 Å². The first kappa shape index (κ1) is 21.9. The normalized spacial score (nSPS) is 16.9. The number of aryl methyl sites for hydroxylation is 1. The number of piperidine rings is 1. The molecule has 1 aromatic carbocycles. The monoisotopic (exact) mass is 498 g/mol. The van der Waals surface area contributed by atoms with E-state index in [-0.39, 0.29) is 36.0 Å². The van der Waals surface area contributed by atoms with Gasteiger partial charge in [0, 0.05) is 29.7 Å². The first-order valence-electron chi connectivity index (χ1n) is 10.3. The summed E-state index contributed by atoms with van der Waals surface area (Å²) in [6.45, 7) is 2.74. The van der Waals surface area contributed by atoms with E-state index < -0.39 is 0 Å². The molecular weight excluding hydrogens is 476 g/mol. The molecule has 2 aliphatic rings. The average molecular weight is 499 g/mol. The first-order valence-corrected chi connectivity index (χ1v) is 11.1. The van der Waals surface area contributed by atoms with E-state index in [4.69, 9.17) is 0 Å². The highest BCUT2D eigenvalue weighted by Gasteiger charge is 2.32. The fourth-order valence-corrected chi connectivity index (χ4v) is 3.85. The Hall–Kier alpha value is -3.27. The molecule has 0 bridgehead atoms. The predicted molar refractivity (Wildman–Crippen MR) is 124 cm³/mol. The fourth-order valence-electron chi connectivity index (χ4n) is 3.61. The summed E-state index contributed by atoms with van der Waals surface area (Å²) in [5.74, 6) is -0.177. The minimum absolute atomic E-state index is 0.0962. The number of carbonyl (C=O) groups excluding carboxylic acids is 3. The number of carbonyl (C=O) groups is 3. The molecule has 9 nitrogen and oxygen atoms in total. The number of amidine groups is 1. The van der Waals surface area contributed by atoms with Crippen LogP contribution < -0.4 is 15.8 Å². The van der Waals surface area contributed by atoms with Crippen LogP contribution >= 0.6 is 15.9 Å². The Labute approximate surface area is 194 Å². The molecule has 10 heteroatoms. The van der Waals surface area contributed by atoms with Crippen LogP contribution in [0.4, 0.5) is 11.5 Å². The van der Waals surface area contributed by atoms with Gasteiger partial charge < -0.3 is 10.2 Å². The van der Waals surface area contributed by atoms with Crippen molar-refractivity contribution in [2.75, 3.05) is 30.0 Å². The Morgan fingerprint density at radius 1 is 1.12 bits per heavy atom. The maximum Gasteiger partial charge on any atom is 0.290 e. The number of hydrogen-bond acceptors (Lipinski definition) is 6. The second-order valence-corrected chi connectivity index (χ2v) is 8.67. The molecule has 1 saturated heterocycles. The van der Waals surface area contributed by atoms with Crippen molar-refractivity contribution in [2.24, 2.45) is 10.9 Å². The third-order valence-electron chi connectivity index (χ3n) is 5.47. The van der Waals surface area contributed by atoms with Gasteiger partial charge in [-0.2, -0.15) is 0 Å². The molecule has 4 rings (SSSR count). The number of hydrazine groups is 1. The van der Waals surface area contributed by atoms with Crippen molar-refractivity contribution < 1.29 is 14.4 Å². The molecule has 1 aromatic heterocycles. The van der Waals surface area contributed by atoms with Crippen molar-refractivity contribution in [1.29, 1.82) is 0 Å². The van der Waals surface area contributed by atoms with E-state index in [9.17, 15) is 14.4 Å². The van der Waals surface area contributed by atoms with Crippen LogP contribution in [0.3, 0.4) is 0 Å². The summed E-state index contributed by atoms with van der Waals surface area (Å²) in [5.41, 5.74) is 4.58. The van der Waals surface area contributed by atoms with Crippen molar-refractivity contribution >= 4 is 51.0 Å². The molecule has 0 aliphatic carbocycles. The van der Waals surface area contributed by atoms with E-state index in [2.05, 4.69) is 36.6 Å². The van der Waals surface area contributed by atoms with Crippen molar-refractivity contribution in [3.05, 3.63) is 52.6 Å². The highest BCUT2D eigenvalue weighted by Crippen LogP contribution is 2.21. The maximum absolute atomic E-state index is 13.0. The molecule has 2 aliphatic heterocycles. The third kappa shape index (κ3) is 4.96. The zero-order valence-electron chi connectivity index (χ0n) is 17.5. The number of benzene rings is 1. The van der Waals surface area contributed by atoms with Gasteiger partial charge in [0.1, 0.15) is 12.4 Å². The van der Waals surface area contributed by atoms with Gasteiger partial charge in [-0.25, -0.2) is 9.99 Å². The Morgan fingerprint density at radius 2 is 1.84 bits per heavy atom. The zero-order valence-corrected chi connectivity index (χ0v) is 19.1. The molecule has 2 N–H and O–H groups in total. The van der Waals surface area contributed by atoms with Crippen LogP contribution in [0.15, 0.2) is 52.1 Å². The lowest BCUT2D eigenvalue weighted by atomic mass is 9.96. The first-order chi connectivity index (χ1) is 15.4. The van der Waals surface area contributed by atoms with Gasteiger partial charge in [-0.05, 0) is 60.0 Å². The van der Waals surface area contributed by atoms with Crippen LogP contribution in [0, 0.1) is 12.8 Å². The number of aromatic nitrogens is 1. The number of hydrogen-bond donors (Lipinski definition) is 2. The number of nitrogens with zero attached hydrogens (tertiary/aromatic N) is 4. The highest BCUT2D eigenvalue weighted by atomic mass is 79.9. The number of halogens is 1. The minimum Gasteiger partial charge on any atom is -0.336 e. The van der Waals surface area contributed by atoms with Gasteiger partial charge in [0.15, 0.2) is 0 Å². The number of pyridine rings is 1. The molecule has 32 heavy (non-hydrogen) atoms. The molecule has 0 unspecified atom stereocenters. The molecular formula is C22H23BrN6O3.